The number of amides is 1. The zero-order valence-corrected chi connectivity index (χ0v) is 17.9. The molecule has 2 heterocycles. The van der Waals surface area contributed by atoms with E-state index >= 15 is 0 Å². The number of halogens is 1. The SMILES string of the molecule is O=C(N/N=C\c1ccc(F)cc1)c1ccc(-n2cnc3sc4c(c3c2=O)CCCC4)cc1. The van der Waals surface area contributed by atoms with Crippen LogP contribution < -0.4 is 11.0 Å². The summed E-state index contributed by atoms with van der Waals surface area (Å²) in [5, 5.41) is 4.63. The topological polar surface area (TPSA) is 76.3 Å². The molecule has 2 aromatic carbocycles. The molecule has 0 bridgehead atoms. The summed E-state index contributed by atoms with van der Waals surface area (Å²) in [6, 6.07) is 12.5. The zero-order chi connectivity index (χ0) is 22.1. The smallest absolute Gasteiger partial charge is 0.268 e. The van der Waals surface area contributed by atoms with Gasteiger partial charge in [-0.2, -0.15) is 5.10 Å². The molecule has 1 N–H and O–H groups in total. The van der Waals surface area contributed by atoms with E-state index < -0.39 is 0 Å². The van der Waals surface area contributed by atoms with E-state index in [0.717, 1.165) is 41.5 Å². The Morgan fingerprint density at radius 2 is 1.84 bits per heavy atom. The van der Waals surface area contributed by atoms with E-state index in [9.17, 15) is 14.0 Å². The Hall–Kier alpha value is -3.65. The van der Waals surface area contributed by atoms with Crippen molar-refractivity contribution in [1.82, 2.24) is 15.0 Å². The normalized spacial score (nSPS) is 13.4. The Labute approximate surface area is 187 Å². The molecule has 0 spiro atoms. The number of aromatic nitrogens is 2. The van der Waals surface area contributed by atoms with Gasteiger partial charge in [0.05, 0.1) is 17.3 Å². The van der Waals surface area contributed by atoms with Crippen LogP contribution in [0.25, 0.3) is 15.9 Å². The summed E-state index contributed by atoms with van der Waals surface area (Å²) in [6.07, 6.45) is 7.19. The standard InChI is InChI=1S/C24H19FN4O2S/c25-17-9-5-15(6-10-17)13-27-28-22(30)16-7-11-18(12-8-16)29-14-26-23-21(24(29)31)19-3-1-2-4-20(19)32-23/h5-14H,1-4H2,(H,28,30)/b27-13-. The van der Waals surface area contributed by atoms with Crippen molar-refractivity contribution in [1.29, 1.82) is 0 Å². The molecule has 0 saturated heterocycles. The highest BCUT2D eigenvalue weighted by atomic mass is 32.1. The predicted molar refractivity (Wildman–Crippen MR) is 123 cm³/mol. The third-order valence-electron chi connectivity index (χ3n) is 5.53. The van der Waals surface area contributed by atoms with Gasteiger partial charge in [0.2, 0.25) is 0 Å². The lowest BCUT2D eigenvalue weighted by molar-refractivity contribution is 0.0955. The summed E-state index contributed by atoms with van der Waals surface area (Å²) in [4.78, 5) is 32.1. The van der Waals surface area contributed by atoms with Crippen LogP contribution in [0.15, 0.2) is 64.8 Å². The zero-order valence-electron chi connectivity index (χ0n) is 17.0. The maximum atomic E-state index is 13.2. The molecule has 8 heteroatoms. The van der Waals surface area contributed by atoms with Gasteiger partial charge >= 0.3 is 0 Å². The lowest BCUT2D eigenvalue weighted by Crippen LogP contribution is -2.20. The van der Waals surface area contributed by atoms with Crippen LogP contribution in [0.4, 0.5) is 4.39 Å². The van der Waals surface area contributed by atoms with E-state index in [4.69, 9.17) is 0 Å². The van der Waals surface area contributed by atoms with Crippen LogP contribution in [0, 0.1) is 5.82 Å². The van der Waals surface area contributed by atoms with Crippen LogP contribution in [0.1, 0.15) is 39.2 Å². The monoisotopic (exact) mass is 446 g/mol. The molecule has 6 nitrogen and oxygen atoms in total. The summed E-state index contributed by atoms with van der Waals surface area (Å²) in [5.74, 6) is -0.721. The van der Waals surface area contributed by atoms with E-state index in [1.165, 1.54) is 27.8 Å². The third-order valence-corrected chi connectivity index (χ3v) is 6.73. The van der Waals surface area contributed by atoms with Crippen molar-refractivity contribution in [2.24, 2.45) is 5.10 Å². The number of nitrogens with zero attached hydrogens (tertiary/aromatic N) is 3. The second-order valence-corrected chi connectivity index (χ2v) is 8.69. The Balaban J connectivity index is 1.36. The minimum atomic E-state index is -0.386. The summed E-state index contributed by atoms with van der Waals surface area (Å²) in [6.45, 7) is 0. The second kappa shape index (κ2) is 8.47. The summed E-state index contributed by atoms with van der Waals surface area (Å²) in [7, 11) is 0. The number of aryl methyl sites for hydroxylation is 2. The number of fused-ring (bicyclic) bond motifs is 3. The van der Waals surface area contributed by atoms with E-state index in [0.29, 0.717) is 16.8 Å². The number of benzene rings is 2. The van der Waals surface area contributed by atoms with Crippen molar-refractivity contribution in [3.8, 4) is 5.69 Å². The van der Waals surface area contributed by atoms with Crippen LogP contribution in [0.2, 0.25) is 0 Å². The summed E-state index contributed by atoms with van der Waals surface area (Å²) < 4.78 is 14.5. The molecule has 0 fully saturated rings. The Morgan fingerprint density at radius 1 is 1.09 bits per heavy atom. The Morgan fingerprint density at radius 3 is 2.62 bits per heavy atom. The predicted octanol–water partition coefficient (Wildman–Crippen LogP) is 4.23. The summed E-state index contributed by atoms with van der Waals surface area (Å²) >= 11 is 1.62. The van der Waals surface area contributed by atoms with Crippen LogP contribution >= 0.6 is 11.3 Å². The van der Waals surface area contributed by atoms with E-state index in [1.807, 2.05) is 0 Å². The molecule has 160 valence electrons. The highest BCUT2D eigenvalue weighted by Gasteiger charge is 2.20. The maximum Gasteiger partial charge on any atom is 0.271 e. The molecule has 2 aromatic heterocycles. The van der Waals surface area contributed by atoms with Crippen molar-refractivity contribution in [3.63, 3.8) is 0 Å². The van der Waals surface area contributed by atoms with Gasteiger partial charge in [-0.15, -0.1) is 11.3 Å². The minimum Gasteiger partial charge on any atom is -0.268 e. The van der Waals surface area contributed by atoms with Crippen molar-refractivity contribution in [2.75, 3.05) is 0 Å². The molecular formula is C24H19FN4O2S. The Bertz CT molecular complexity index is 1390. The first-order valence-corrected chi connectivity index (χ1v) is 11.1. The van der Waals surface area contributed by atoms with Gasteiger partial charge in [0.25, 0.3) is 11.5 Å². The first-order valence-electron chi connectivity index (χ1n) is 10.3. The number of hydrogen-bond acceptors (Lipinski definition) is 5. The van der Waals surface area contributed by atoms with Crippen molar-refractivity contribution >= 4 is 33.7 Å². The number of nitrogens with one attached hydrogen (secondary N) is 1. The van der Waals surface area contributed by atoms with Gasteiger partial charge in [0.1, 0.15) is 17.0 Å². The fourth-order valence-electron chi connectivity index (χ4n) is 3.88. The second-order valence-electron chi connectivity index (χ2n) is 7.61. The number of carbonyl (C=O) groups is 1. The number of carbonyl (C=O) groups excluding carboxylic acids is 1. The van der Waals surface area contributed by atoms with Crippen LogP contribution in [-0.4, -0.2) is 21.7 Å². The molecule has 4 aromatic rings. The van der Waals surface area contributed by atoms with Crippen LogP contribution in [-0.2, 0) is 12.8 Å². The minimum absolute atomic E-state index is 0.0736. The quantitative estimate of drug-likeness (QED) is 0.377. The number of hydrogen-bond donors (Lipinski definition) is 1. The molecule has 5 rings (SSSR count). The number of rotatable bonds is 4. The van der Waals surface area contributed by atoms with Crippen molar-refractivity contribution < 1.29 is 9.18 Å². The molecule has 0 unspecified atom stereocenters. The third kappa shape index (κ3) is 3.85. The molecule has 1 amide bonds. The fraction of sp³-hybridized carbons (Fsp3) is 0.167. The summed E-state index contributed by atoms with van der Waals surface area (Å²) in [5.41, 5.74) is 5.24. The molecular weight excluding hydrogens is 427 g/mol. The molecule has 1 aliphatic rings. The van der Waals surface area contributed by atoms with Gasteiger partial charge in [-0.3, -0.25) is 14.2 Å². The van der Waals surface area contributed by atoms with Crippen LogP contribution in [0.5, 0.6) is 0 Å². The van der Waals surface area contributed by atoms with Gasteiger partial charge in [-0.05, 0) is 73.2 Å². The largest absolute Gasteiger partial charge is 0.271 e. The fourth-order valence-corrected chi connectivity index (χ4v) is 5.10. The highest BCUT2D eigenvalue weighted by Crippen LogP contribution is 2.33. The average molecular weight is 447 g/mol. The van der Waals surface area contributed by atoms with Gasteiger partial charge < -0.3 is 0 Å². The lowest BCUT2D eigenvalue weighted by atomic mass is 9.97. The molecule has 0 radical (unpaired) electrons. The van der Waals surface area contributed by atoms with Gasteiger partial charge in [-0.1, -0.05) is 12.1 Å². The molecule has 0 saturated carbocycles. The van der Waals surface area contributed by atoms with Crippen molar-refractivity contribution in [3.05, 3.63) is 92.6 Å². The molecule has 1 aliphatic carbocycles. The van der Waals surface area contributed by atoms with Gasteiger partial charge in [0.15, 0.2) is 0 Å². The van der Waals surface area contributed by atoms with E-state index in [1.54, 1.807) is 54.1 Å². The highest BCUT2D eigenvalue weighted by molar-refractivity contribution is 7.18. The molecule has 0 aliphatic heterocycles. The molecule has 0 atom stereocenters. The van der Waals surface area contributed by atoms with Gasteiger partial charge in [-0.25, -0.2) is 14.8 Å². The van der Waals surface area contributed by atoms with E-state index in [-0.39, 0.29) is 17.3 Å². The Kier molecular flexibility index (Phi) is 5.36. The van der Waals surface area contributed by atoms with E-state index in [2.05, 4.69) is 15.5 Å². The first-order chi connectivity index (χ1) is 15.6. The maximum absolute atomic E-state index is 13.2. The van der Waals surface area contributed by atoms with Crippen LogP contribution in [0.3, 0.4) is 0 Å². The van der Waals surface area contributed by atoms with Gasteiger partial charge in [0, 0.05) is 10.4 Å². The van der Waals surface area contributed by atoms with Crippen molar-refractivity contribution in [2.45, 2.75) is 25.7 Å². The average Bonchev–Trinajstić information content (AvgIpc) is 3.20. The number of thiophene rings is 1. The first kappa shape index (κ1) is 20.3. The molecule has 32 heavy (non-hydrogen) atoms. The lowest BCUT2D eigenvalue weighted by Gasteiger charge is -2.10. The number of hydrazone groups is 1.